The summed E-state index contributed by atoms with van der Waals surface area (Å²) in [5.74, 6) is -0.127. The highest BCUT2D eigenvalue weighted by Gasteiger charge is 2.35. The van der Waals surface area contributed by atoms with Crippen LogP contribution in [0.4, 0.5) is 0 Å². The second-order valence-electron chi connectivity index (χ2n) is 6.30. The molecule has 2 atom stereocenters. The first-order chi connectivity index (χ1) is 11.8. The minimum absolute atomic E-state index is 0.127. The van der Waals surface area contributed by atoms with Gasteiger partial charge in [0.1, 0.15) is 0 Å². The molecule has 0 aromatic heterocycles. The van der Waals surface area contributed by atoms with E-state index in [4.69, 9.17) is 4.74 Å². The molecule has 136 valence electrons. The average Bonchev–Trinajstić information content (AvgIpc) is 3.34. The monoisotopic (exact) mass is 334 g/mol. The lowest BCUT2D eigenvalue weighted by atomic mass is 10.1. The van der Waals surface area contributed by atoms with Crippen LogP contribution >= 0.6 is 0 Å². The Balaban J connectivity index is 1.92. The van der Waals surface area contributed by atoms with E-state index in [0.717, 1.165) is 32.1 Å². The number of unbranched alkanes of at least 4 members (excludes halogenated alkanes) is 4. The van der Waals surface area contributed by atoms with E-state index in [0.29, 0.717) is 18.6 Å². The zero-order valence-corrected chi connectivity index (χ0v) is 15.4. The molecule has 1 rings (SSSR count). The summed E-state index contributed by atoms with van der Waals surface area (Å²) in [4.78, 5) is 10.9. The van der Waals surface area contributed by atoms with Gasteiger partial charge in [-0.05, 0) is 44.9 Å². The molecular weight excluding hydrogens is 300 g/mol. The van der Waals surface area contributed by atoms with Gasteiger partial charge in [-0.2, -0.15) is 0 Å². The normalized spacial score (nSPS) is 20.4. The number of rotatable bonds is 14. The van der Waals surface area contributed by atoms with E-state index in [2.05, 4.69) is 48.1 Å². The van der Waals surface area contributed by atoms with Gasteiger partial charge in [0.25, 0.3) is 0 Å². The Morgan fingerprint density at radius 1 is 0.917 bits per heavy atom. The van der Waals surface area contributed by atoms with E-state index >= 15 is 0 Å². The Morgan fingerprint density at radius 2 is 1.54 bits per heavy atom. The third kappa shape index (κ3) is 11.2. The molecule has 0 aromatic rings. The van der Waals surface area contributed by atoms with Crippen LogP contribution in [-0.2, 0) is 14.3 Å². The lowest BCUT2D eigenvalue weighted by Gasteiger charge is -1.95. The van der Waals surface area contributed by atoms with Crippen LogP contribution in [0.3, 0.4) is 0 Å². The van der Waals surface area contributed by atoms with Crippen LogP contribution in [0.25, 0.3) is 0 Å². The predicted molar refractivity (Wildman–Crippen MR) is 99.9 cm³/mol. The third-order valence-corrected chi connectivity index (χ3v) is 4.15. The number of carbonyl (C=O) groups is 1. The SMILES string of the molecule is CCCCCC=CC[C@H]1O[C@H]1CC=CCC=CCCCC(=O)OC. The number of hydrogen-bond donors (Lipinski definition) is 0. The van der Waals surface area contributed by atoms with E-state index in [1.165, 1.54) is 32.8 Å². The zero-order chi connectivity index (χ0) is 17.5. The van der Waals surface area contributed by atoms with E-state index in [1.54, 1.807) is 0 Å². The second kappa shape index (κ2) is 14.0. The van der Waals surface area contributed by atoms with E-state index in [1.807, 2.05) is 0 Å². The van der Waals surface area contributed by atoms with E-state index < -0.39 is 0 Å². The molecule has 3 nitrogen and oxygen atoms in total. The molecule has 3 heteroatoms. The van der Waals surface area contributed by atoms with Crippen molar-refractivity contribution >= 4 is 5.97 Å². The Morgan fingerprint density at radius 3 is 2.25 bits per heavy atom. The fourth-order valence-electron chi connectivity index (χ4n) is 2.54. The molecule has 0 spiro atoms. The number of ether oxygens (including phenoxy) is 2. The van der Waals surface area contributed by atoms with Crippen LogP contribution in [-0.4, -0.2) is 25.3 Å². The number of allylic oxidation sites excluding steroid dienone is 4. The van der Waals surface area contributed by atoms with Crippen molar-refractivity contribution in [1.29, 1.82) is 0 Å². The summed E-state index contributed by atoms with van der Waals surface area (Å²) in [6.45, 7) is 2.24. The number of methoxy groups -OCH3 is 1. The summed E-state index contributed by atoms with van der Waals surface area (Å²) in [7, 11) is 1.43. The smallest absolute Gasteiger partial charge is 0.305 e. The maximum absolute atomic E-state index is 10.9. The molecule has 1 saturated heterocycles. The maximum Gasteiger partial charge on any atom is 0.305 e. The quantitative estimate of drug-likeness (QED) is 0.182. The summed E-state index contributed by atoms with van der Waals surface area (Å²) in [6.07, 6.45) is 24.6. The summed E-state index contributed by atoms with van der Waals surface area (Å²) < 4.78 is 10.3. The maximum atomic E-state index is 10.9. The first kappa shape index (κ1) is 20.7. The highest BCUT2D eigenvalue weighted by atomic mass is 16.6. The largest absolute Gasteiger partial charge is 0.469 e. The molecule has 0 aliphatic carbocycles. The van der Waals surface area contributed by atoms with E-state index in [9.17, 15) is 4.79 Å². The predicted octanol–water partition coefficient (Wildman–Crippen LogP) is 5.52. The summed E-state index contributed by atoms with van der Waals surface area (Å²) >= 11 is 0. The first-order valence-corrected chi connectivity index (χ1v) is 9.45. The van der Waals surface area contributed by atoms with Crippen molar-refractivity contribution in [1.82, 2.24) is 0 Å². The molecule has 1 heterocycles. The van der Waals surface area contributed by atoms with Gasteiger partial charge in [0.2, 0.25) is 0 Å². The number of hydrogen-bond acceptors (Lipinski definition) is 3. The highest BCUT2D eigenvalue weighted by molar-refractivity contribution is 5.69. The van der Waals surface area contributed by atoms with Crippen molar-refractivity contribution < 1.29 is 14.3 Å². The summed E-state index contributed by atoms with van der Waals surface area (Å²) in [5, 5.41) is 0. The number of carbonyl (C=O) groups excluding carboxylic acids is 1. The van der Waals surface area contributed by atoms with Gasteiger partial charge in [0, 0.05) is 6.42 Å². The third-order valence-electron chi connectivity index (χ3n) is 4.15. The molecule has 1 aliphatic rings. The summed E-state index contributed by atoms with van der Waals surface area (Å²) in [6, 6.07) is 0. The Bertz CT molecular complexity index is 409. The average molecular weight is 335 g/mol. The Kier molecular flexibility index (Phi) is 12.1. The molecule has 24 heavy (non-hydrogen) atoms. The molecule has 0 saturated carbocycles. The van der Waals surface area contributed by atoms with Crippen molar-refractivity contribution in [2.24, 2.45) is 0 Å². The Hall–Kier alpha value is -1.35. The number of esters is 1. The van der Waals surface area contributed by atoms with Gasteiger partial charge >= 0.3 is 5.97 Å². The molecule has 0 bridgehead atoms. The topological polar surface area (TPSA) is 38.8 Å². The molecule has 1 aliphatic heterocycles. The number of epoxide rings is 1. The minimum Gasteiger partial charge on any atom is -0.469 e. The molecule has 1 fully saturated rings. The first-order valence-electron chi connectivity index (χ1n) is 9.45. The fraction of sp³-hybridized carbons (Fsp3) is 0.667. The van der Waals surface area contributed by atoms with Crippen molar-refractivity contribution in [2.45, 2.75) is 83.3 Å². The van der Waals surface area contributed by atoms with Gasteiger partial charge < -0.3 is 9.47 Å². The van der Waals surface area contributed by atoms with Gasteiger partial charge in [-0.15, -0.1) is 0 Å². The van der Waals surface area contributed by atoms with Gasteiger partial charge in [-0.25, -0.2) is 0 Å². The van der Waals surface area contributed by atoms with Crippen LogP contribution in [0.5, 0.6) is 0 Å². The van der Waals surface area contributed by atoms with E-state index in [-0.39, 0.29) is 5.97 Å². The lowest BCUT2D eigenvalue weighted by Crippen LogP contribution is -1.98. The standard InChI is InChI=1S/C21H34O3/c1-3-4-5-6-10-13-16-19-20(24-19)17-14-11-8-7-9-12-15-18-21(22)23-2/h7,9-11,13-14,19-20H,3-6,8,12,15-18H2,1-2H3/t19-,20+/m1/s1. The van der Waals surface area contributed by atoms with Crippen molar-refractivity contribution in [3.05, 3.63) is 36.5 Å². The van der Waals surface area contributed by atoms with Crippen LogP contribution in [0.15, 0.2) is 36.5 Å². The minimum atomic E-state index is -0.127. The van der Waals surface area contributed by atoms with Gasteiger partial charge in [0.15, 0.2) is 0 Å². The van der Waals surface area contributed by atoms with Crippen molar-refractivity contribution in [3.8, 4) is 0 Å². The molecule has 0 unspecified atom stereocenters. The lowest BCUT2D eigenvalue weighted by molar-refractivity contribution is -0.140. The van der Waals surface area contributed by atoms with Crippen LogP contribution in [0.2, 0.25) is 0 Å². The van der Waals surface area contributed by atoms with Crippen LogP contribution in [0, 0.1) is 0 Å². The molecule has 0 radical (unpaired) electrons. The zero-order valence-electron chi connectivity index (χ0n) is 15.4. The molecule has 0 amide bonds. The van der Waals surface area contributed by atoms with Crippen molar-refractivity contribution in [2.75, 3.05) is 7.11 Å². The summed E-state index contributed by atoms with van der Waals surface area (Å²) in [5.41, 5.74) is 0. The molecule has 0 aromatic carbocycles. The molecule has 0 N–H and O–H groups in total. The highest BCUT2D eigenvalue weighted by Crippen LogP contribution is 2.29. The van der Waals surface area contributed by atoms with Gasteiger partial charge in [-0.3, -0.25) is 4.79 Å². The Labute approximate surface area is 147 Å². The van der Waals surface area contributed by atoms with Gasteiger partial charge in [-0.1, -0.05) is 56.2 Å². The fourth-order valence-corrected chi connectivity index (χ4v) is 2.54. The van der Waals surface area contributed by atoms with Crippen LogP contribution in [0.1, 0.15) is 71.1 Å². The second-order valence-corrected chi connectivity index (χ2v) is 6.30. The van der Waals surface area contributed by atoms with Crippen LogP contribution < -0.4 is 0 Å². The van der Waals surface area contributed by atoms with Crippen molar-refractivity contribution in [3.63, 3.8) is 0 Å². The van der Waals surface area contributed by atoms with Gasteiger partial charge in [0.05, 0.1) is 19.3 Å². The molecular formula is C21H34O3.